The van der Waals surface area contributed by atoms with Crippen LogP contribution in [0.15, 0.2) is 0 Å². The molecular formula is C11H23N. The van der Waals surface area contributed by atoms with Gasteiger partial charge in [0.25, 0.3) is 0 Å². The molecule has 0 spiro atoms. The fourth-order valence-corrected chi connectivity index (χ4v) is 1.18. The summed E-state index contributed by atoms with van der Waals surface area (Å²) in [5.74, 6) is 0. The van der Waals surface area contributed by atoms with Gasteiger partial charge in [-0.15, -0.1) is 0 Å². The van der Waals surface area contributed by atoms with Gasteiger partial charge in [0.15, 0.2) is 0 Å². The highest BCUT2D eigenvalue weighted by Gasteiger charge is 2.18. The van der Waals surface area contributed by atoms with E-state index in [0.29, 0.717) is 0 Å². The first-order valence-electron chi connectivity index (χ1n) is 5.06. The van der Waals surface area contributed by atoms with Crippen LogP contribution in [0.1, 0.15) is 59.8 Å². The Hall–Kier alpha value is -0.330. The van der Waals surface area contributed by atoms with Crippen LogP contribution < -0.4 is 0 Å². The monoisotopic (exact) mass is 169 g/mol. The molecule has 1 nitrogen and oxygen atoms in total. The first-order chi connectivity index (χ1) is 5.50. The van der Waals surface area contributed by atoms with Crippen molar-refractivity contribution in [2.24, 2.45) is 5.41 Å². The van der Waals surface area contributed by atoms with Gasteiger partial charge in [0.2, 0.25) is 0 Å². The van der Waals surface area contributed by atoms with Gasteiger partial charge in [0, 0.05) is 11.1 Å². The molecule has 0 aliphatic carbocycles. The van der Waals surface area contributed by atoms with Gasteiger partial charge in [-0.1, -0.05) is 46.5 Å². The predicted molar refractivity (Wildman–Crippen MR) is 55.9 cm³/mol. The molecule has 0 heterocycles. The molecule has 0 aliphatic heterocycles. The third kappa shape index (κ3) is 4.53. The second kappa shape index (κ2) is 5.34. The molecule has 0 aromatic heterocycles. The van der Waals surface area contributed by atoms with E-state index in [0.717, 1.165) is 5.71 Å². The van der Waals surface area contributed by atoms with Crippen molar-refractivity contribution in [3.05, 3.63) is 0 Å². The summed E-state index contributed by atoms with van der Waals surface area (Å²) in [5, 5.41) is 7.58. The lowest BCUT2D eigenvalue weighted by atomic mass is 9.83. The molecule has 0 amide bonds. The first-order valence-corrected chi connectivity index (χ1v) is 5.06. The molecule has 0 fully saturated rings. The summed E-state index contributed by atoms with van der Waals surface area (Å²) in [6.07, 6.45) is 6.41. The van der Waals surface area contributed by atoms with Crippen LogP contribution in [0, 0.1) is 10.8 Å². The summed E-state index contributed by atoms with van der Waals surface area (Å²) in [5.41, 5.74) is 0.951. The van der Waals surface area contributed by atoms with Crippen LogP contribution in [-0.2, 0) is 0 Å². The summed E-state index contributed by atoms with van der Waals surface area (Å²) in [4.78, 5) is 0. The zero-order chi connectivity index (χ0) is 9.61. The zero-order valence-electron chi connectivity index (χ0n) is 9.04. The van der Waals surface area contributed by atoms with Gasteiger partial charge in [-0.05, 0) is 13.3 Å². The van der Waals surface area contributed by atoms with E-state index < -0.39 is 0 Å². The van der Waals surface area contributed by atoms with Gasteiger partial charge in [0.1, 0.15) is 0 Å². The molecule has 72 valence electrons. The van der Waals surface area contributed by atoms with Crippen LogP contribution in [0.4, 0.5) is 0 Å². The van der Waals surface area contributed by atoms with Crippen molar-refractivity contribution in [1.29, 1.82) is 5.41 Å². The van der Waals surface area contributed by atoms with Crippen LogP contribution in [0.25, 0.3) is 0 Å². The topological polar surface area (TPSA) is 23.9 Å². The molecule has 0 aromatic carbocycles. The molecular weight excluding hydrogens is 146 g/mol. The Morgan fingerprint density at radius 3 is 2.17 bits per heavy atom. The Labute approximate surface area is 77.1 Å². The predicted octanol–water partition coefficient (Wildman–Crippen LogP) is 4.02. The van der Waals surface area contributed by atoms with Crippen LogP contribution in [-0.4, -0.2) is 5.71 Å². The minimum atomic E-state index is 0.133. The van der Waals surface area contributed by atoms with Crippen molar-refractivity contribution in [3.8, 4) is 0 Å². The number of unbranched alkanes of at least 4 members (excludes halogenated alkanes) is 3. The molecule has 0 saturated carbocycles. The minimum absolute atomic E-state index is 0.133. The zero-order valence-corrected chi connectivity index (χ0v) is 9.04. The molecule has 0 radical (unpaired) electrons. The molecule has 1 N–H and O–H groups in total. The Bertz CT molecular complexity index is 136. The van der Waals surface area contributed by atoms with E-state index in [4.69, 9.17) is 5.41 Å². The fourth-order valence-electron chi connectivity index (χ4n) is 1.18. The van der Waals surface area contributed by atoms with Crippen LogP contribution in [0.3, 0.4) is 0 Å². The highest BCUT2D eigenvalue weighted by Crippen LogP contribution is 2.24. The summed E-state index contributed by atoms with van der Waals surface area (Å²) in [6, 6.07) is 0. The molecule has 0 rings (SSSR count). The van der Waals surface area contributed by atoms with Gasteiger partial charge in [0.05, 0.1) is 0 Å². The summed E-state index contributed by atoms with van der Waals surface area (Å²) in [6.45, 7) is 8.48. The number of rotatable bonds is 6. The first kappa shape index (κ1) is 11.7. The smallest absolute Gasteiger partial charge is 0.0114 e. The van der Waals surface area contributed by atoms with Gasteiger partial charge in [-0.2, -0.15) is 0 Å². The van der Waals surface area contributed by atoms with Gasteiger partial charge in [-0.25, -0.2) is 0 Å². The Balaban J connectivity index is 3.54. The fraction of sp³-hybridized carbons (Fsp3) is 0.909. The maximum Gasteiger partial charge on any atom is 0.0114 e. The van der Waals surface area contributed by atoms with E-state index in [-0.39, 0.29) is 5.41 Å². The van der Waals surface area contributed by atoms with Crippen molar-refractivity contribution in [1.82, 2.24) is 0 Å². The molecule has 1 heteroatoms. The Kier molecular flexibility index (Phi) is 5.19. The molecule has 0 saturated heterocycles. The number of hydrogen-bond donors (Lipinski definition) is 1. The number of hydrogen-bond acceptors (Lipinski definition) is 1. The minimum Gasteiger partial charge on any atom is -0.309 e. The molecule has 0 aromatic rings. The van der Waals surface area contributed by atoms with Crippen molar-refractivity contribution in [2.45, 2.75) is 59.8 Å². The van der Waals surface area contributed by atoms with Crippen LogP contribution in [0.5, 0.6) is 0 Å². The molecule has 0 atom stereocenters. The highest BCUT2D eigenvalue weighted by molar-refractivity contribution is 5.84. The average Bonchev–Trinajstić information content (AvgIpc) is 1.98. The van der Waals surface area contributed by atoms with Gasteiger partial charge >= 0.3 is 0 Å². The van der Waals surface area contributed by atoms with E-state index in [9.17, 15) is 0 Å². The highest BCUT2D eigenvalue weighted by atomic mass is 14.5. The van der Waals surface area contributed by atoms with E-state index in [1.807, 2.05) is 6.92 Å². The Morgan fingerprint density at radius 1 is 1.17 bits per heavy atom. The second-order valence-electron chi connectivity index (χ2n) is 4.32. The molecule has 12 heavy (non-hydrogen) atoms. The molecule has 0 aliphatic rings. The van der Waals surface area contributed by atoms with E-state index in [1.165, 1.54) is 32.1 Å². The lowest BCUT2D eigenvalue weighted by molar-refractivity contribution is 0.438. The van der Waals surface area contributed by atoms with E-state index in [1.54, 1.807) is 0 Å². The van der Waals surface area contributed by atoms with Crippen LogP contribution in [0.2, 0.25) is 0 Å². The van der Waals surface area contributed by atoms with Gasteiger partial charge in [-0.3, -0.25) is 0 Å². The Morgan fingerprint density at radius 2 is 1.75 bits per heavy atom. The average molecular weight is 169 g/mol. The van der Waals surface area contributed by atoms with Crippen LogP contribution >= 0.6 is 0 Å². The van der Waals surface area contributed by atoms with Crippen molar-refractivity contribution < 1.29 is 0 Å². The van der Waals surface area contributed by atoms with E-state index >= 15 is 0 Å². The maximum atomic E-state index is 7.58. The molecule has 0 bridgehead atoms. The third-order valence-corrected chi connectivity index (χ3v) is 2.67. The summed E-state index contributed by atoms with van der Waals surface area (Å²) >= 11 is 0. The third-order valence-electron chi connectivity index (χ3n) is 2.67. The standard InChI is InChI=1S/C11H23N/c1-5-6-7-8-9-11(3,4)10(2)12/h12H,5-9H2,1-4H3. The quantitative estimate of drug-likeness (QED) is 0.458. The lowest BCUT2D eigenvalue weighted by Gasteiger charge is -2.23. The van der Waals surface area contributed by atoms with E-state index in [2.05, 4.69) is 20.8 Å². The summed E-state index contributed by atoms with van der Waals surface area (Å²) < 4.78 is 0. The van der Waals surface area contributed by atoms with Crippen molar-refractivity contribution in [3.63, 3.8) is 0 Å². The SMILES string of the molecule is CCCCCCC(C)(C)C(C)=N. The van der Waals surface area contributed by atoms with Gasteiger partial charge < -0.3 is 5.41 Å². The summed E-state index contributed by atoms with van der Waals surface area (Å²) in [7, 11) is 0. The van der Waals surface area contributed by atoms with Crippen molar-refractivity contribution >= 4 is 5.71 Å². The normalized spacial score (nSPS) is 11.7. The van der Waals surface area contributed by atoms with Crippen molar-refractivity contribution in [2.75, 3.05) is 0 Å². The largest absolute Gasteiger partial charge is 0.309 e. The maximum absolute atomic E-state index is 7.58. The second-order valence-corrected chi connectivity index (χ2v) is 4.32. The molecule has 0 unspecified atom stereocenters. The number of nitrogens with one attached hydrogen (secondary N) is 1. The lowest BCUT2D eigenvalue weighted by Crippen LogP contribution is -2.20.